The van der Waals surface area contributed by atoms with E-state index in [1.165, 1.54) is 15.1 Å². The Kier molecular flexibility index (Phi) is 6.09. The minimum Gasteiger partial charge on any atom is -0.357 e. The Bertz CT molecular complexity index is 1230. The van der Waals surface area contributed by atoms with Crippen LogP contribution in [0.2, 0.25) is 0 Å². The molecule has 1 saturated carbocycles. The molecule has 0 aromatic carbocycles. The number of pyridine rings is 1. The lowest BCUT2D eigenvalue weighted by Gasteiger charge is -2.39. The number of anilines is 1. The van der Waals surface area contributed by atoms with Crippen molar-refractivity contribution >= 4 is 42.7 Å². The predicted octanol–water partition coefficient (Wildman–Crippen LogP) is 1.70. The Balaban J connectivity index is 1.73. The molecule has 1 aliphatic carbocycles. The van der Waals surface area contributed by atoms with Crippen molar-refractivity contribution in [2.45, 2.75) is 56.3 Å². The molecule has 3 heterocycles. The zero-order valence-electron chi connectivity index (χ0n) is 18.6. The molecule has 33 heavy (non-hydrogen) atoms. The summed E-state index contributed by atoms with van der Waals surface area (Å²) in [5.41, 5.74) is -2.36. The van der Waals surface area contributed by atoms with Gasteiger partial charge in [0.15, 0.2) is 7.85 Å². The third-order valence-corrected chi connectivity index (χ3v) is 8.03. The highest BCUT2D eigenvalue weighted by atomic mass is 32.2. The number of hydrogen-bond acceptors (Lipinski definition) is 6. The largest absolute Gasteiger partial charge is 0.357 e. The molecule has 0 spiro atoms. The Morgan fingerprint density at radius 1 is 1.27 bits per heavy atom. The highest BCUT2D eigenvalue weighted by molar-refractivity contribution is 7.88. The van der Waals surface area contributed by atoms with Gasteiger partial charge < -0.3 is 5.32 Å². The van der Waals surface area contributed by atoms with Crippen LogP contribution >= 0.6 is 0 Å². The van der Waals surface area contributed by atoms with Gasteiger partial charge in [-0.05, 0) is 37.7 Å². The summed E-state index contributed by atoms with van der Waals surface area (Å²) in [6.45, 7) is 2.47. The van der Waals surface area contributed by atoms with Crippen LogP contribution in [0.4, 0.5) is 14.7 Å². The van der Waals surface area contributed by atoms with Crippen LogP contribution in [0.5, 0.6) is 0 Å². The zero-order chi connectivity index (χ0) is 24.2. The first kappa shape index (κ1) is 24.1. The Labute approximate surface area is 194 Å². The lowest BCUT2D eigenvalue weighted by molar-refractivity contribution is 0.0917. The summed E-state index contributed by atoms with van der Waals surface area (Å²) >= 11 is 0. The number of hydrogen-bond donors (Lipinski definition) is 1. The van der Waals surface area contributed by atoms with Crippen molar-refractivity contribution in [2.24, 2.45) is 5.92 Å². The number of sulfonamides is 1. The standard InChI is InChI=1S/C20H25B2F2N5O3S/c1-12-4-3-5-15(12)29-16-13(10-14(17(29)30)20(22,23)24)11-25-18(26-16)27-19(21)6-8-28(9-7-19)33(2,31)32/h10-12,15H,3-9H2,1-2H3,(H,25,26,27)/t12-,15+/m0/s1. The Morgan fingerprint density at radius 2 is 1.94 bits per heavy atom. The molecule has 2 aliphatic rings. The smallest absolute Gasteiger partial charge is 0.260 e. The van der Waals surface area contributed by atoms with Crippen LogP contribution in [-0.4, -0.2) is 67.7 Å². The van der Waals surface area contributed by atoms with E-state index in [0.717, 1.165) is 25.2 Å². The fourth-order valence-corrected chi connectivity index (χ4v) is 5.65. The van der Waals surface area contributed by atoms with E-state index in [4.69, 9.17) is 15.7 Å². The summed E-state index contributed by atoms with van der Waals surface area (Å²) in [5, 5.41) is 3.34. The molecule has 2 atom stereocenters. The first-order chi connectivity index (χ1) is 15.3. The summed E-state index contributed by atoms with van der Waals surface area (Å²) < 4.78 is 54.2. The van der Waals surface area contributed by atoms with E-state index in [-0.39, 0.29) is 42.0 Å². The van der Waals surface area contributed by atoms with Gasteiger partial charge in [0, 0.05) is 36.2 Å². The zero-order valence-corrected chi connectivity index (χ0v) is 19.4. The summed E-state index contributed by atoms with van der Waals surface area (Å²) in [5.74, 6) is -3.54. The Morgan fingerprint density at radius 3 is 2.48 bits per heavy atom. The van der Waals surface area contributed by atoms with Crippen LogP contribution < -0.4 is 10.9 Å². The normalized spacial score (nSPS) is 24.2. The van der Waals surface area contributed by atoms with Gasteiger partial charge >= 0.3 is 0 Å². The van der Waals surface area contributed by atoms with Gasteiger partial charge in [0.2, 0.25) is 21.8 Å². The van der Waals surface area contributed by atoms with Crippen molar-refractivity contribution in [3.63, 3.8) is 0 Å². The molecule has 0 bridgehead atoms. The Hall–Kier alpha value is -2.01. The monoisotopic (exact) mass is 475 g/mol. The third-order valence-electron chi connectivity index (χ3n) is 6.72. The molecule has 1 saturated heterocycles. The van der Waals surface area contributed by atoms with Gasteiger partial charge in [0.05, 0.1) is 11.8 Å². The van der Waals surface area contributed by atoms with E-state index in [1.807, 2.05) is 6.92 Å². The lowest BCUT2D eigenvalue weighted by Crippen LogP contribution is -2.51. The van der Waals surface area contributed by atoms with Crippen LogP contribution in [0.15, 0.2) is 17.1 Å². The summed E-state index contributed by atoms with van der Waals surface area (Å²) in [6, 6.07) is 0.760. The quantitative estimate of drug-likeness (QED) is 0.662. The molecule has 13 heteroatoms. The molecule has 2 aromatic heterocycles. The van der Waals surface area contributed by atoms with Gasteiger partial charge in [-0.3, -0.25) is 9.36 Å². The highest BCUT2D eigenvalue weighted by Crippen LogP contribution is 2.37. The second-order valence-electron chi connectivity index (χ2n) is 9.25. The number of nitrogens with zero attached hydrogens (tertiary/aromatic N) is 4. The minimum absolute atomic E-state index is 0.111. The van der Waals surface area contributed by atoms with E-state index in [1.54, 1.807) is 0 Å². The maximum Gasteiger partial charge on any atom is 0.260 e. The molecule has 4 radical (unpaired) electrons. The van der Waals surface area contributed by atoms with E-state index in [2.05, 4.69) is 15.3 Å². The fraction of sp³-hybridized carbons (Fsp3) is 0.650. The fourth-order valence-electron chi connectivity index (χ4n) is 4.80. The summed E-state index contributed by atoms with van der Waals surface area (Å²) in [6.07, 6.45) is 5.59. The van der Waals surface area contributed by atoms with Crippen molar-refractivity contribution in [1.82, 2.24) is 18.8 Å². The van der Waals surface area contributed by atoms with Crippen molar-refractivity contribution < 1.29 is 17.2 Å². The average Bonchev–Trinajstić information content (AvgIpc) is 3.11. The van der Waals surface area contributed by atoms with Gasteiger partial charge in [-0.2, -0.15) is 4.98 Å². The number of halogens is 2. The number of aromatic nitrogens is 3. The van der Waals surface area contributed by atoms with Gasteiger partial charge in [0.25, 0.3) is 5.56 Å². The molecule has 8 nitrogen and oxygen atoms in total. The third kappa shape index (κ3) is 4.80. The average molecular weight is 475 g/mol. The van der Waals surface area contributed by atoms with E-state index in [9.17, 15) is 22.0 Å². The summed E-state index contributed by atoms with van der Waals surface area (Å²) in [4.78, 5) is 21.8. The number of rotatable bonds is 5. The number of nitrogens with one attached hydrogen (secondary N) is 1. The van der Waals surface area contributed by atoms with Gasteiger partial charge in [-0.25, -0.2) is 26.5 Å². The highest BCUT2D eigenvalue weighted by Gasteiger charge is 2.35. The lowest BCUT2D eigenvalue weighted by atomic mass is 9.71. The number of piperidine rings is 1. The molecular weight excluding hydrogens is 450 g/mol. The molecule has 4 rings (SSSR count). The van der Waals surface area contributed by atoms with Gasteiger partial charge in [-0.1, -0.05) is 13.3 Å². The van der Waals surface area contributed by atoms with Crippen LogP contribution in [0, 0.1) is 5.92 Å². The van der Waals surface area contributed by atoms with Gasteiger partial charge in [0.1, 0.15) is 13.5 Å². The van der Waals surface area contributed by atoms with Crippen molar-refractivity contribution in [1.29, 1.82) is 0 Å². The van der Waals surface area contributed by atoms with Crippen molar-refractivity contribution in [2.75, 3.05) is 24.7 Å². The SMILES string of the molecule is [B]C1(Nc2ncc3cc(C([B])(F)F)c(=O)n([C@@H]4CCC[C@@H]4C)c3n2)CCN(S(C)(=O)=O)CC1. The maximum atomic E-state index is 14.0. The molecule has 0 amide bonds. The van der Waals surface area contributed by atoms with E-state index < -0.39 is 32.4 Å². The maximum absolute atomic E-state index is 14.0. The van der Waals surface area contributed by atoms with Gasteiger partial charge in [-0.15, -0.1) is 0 Å². The van der Waals surface area contributed by atoms with Crippen LogP contribution in [0.1, 0.15) is 50.6 Å². The van der Waals surface area contributed by atoms with Crippen molar-refractivity contribution in [3.05, 3.63) is 28.2 Å². The minimum atomic E-state index is -3.79. The first-order valence-corrected chi connectivity index (χ1v) is 12.7. The van der Waals surface area contributed by atoms with Crippen LogP contribution in [0.25, 0.3) is 11.0 Å². The van der Waals surface area contributed by atoms with Crippen LogP contribution in [-0.2, 0) is 15.8 Å². The molecule has 1 N–H and O–H groups in total. The molecule has 174 valence electrons. The second kappa shape index (κ2) is 8.33. The van der Waals surface area contributed by atoms with Crippen LogP contribution in [0.3, 0.4) is 0 Å². The molecule has 2 fully saturated rings. The van der Waals surface area contributed by atoms with E-state index >= 15 is 0 Å². The number of alkyl halides is 2. The summed E-state index contributed by atoms with van der Waals surface area (Å²) in [7, 11) is 8.13. The van der Waals surface area contributed by atoms with E-state index in [0.29, 0.717) is 19.3 Å². The molecule has 1 aliphatic heterocycles. The predicted molar refractivity (Wildman–Crippen MR) is 123 cm³/mol. The molecule has 0 unspecified atom stereocenters. The number of fused-ring (bicyclic) bond motifs is 1. The second-order valence-corrected chi connectivity index (χ2v) is 11.2. The first-order valence-electron chi connectivity index (χ1n) is 10.9. The molecule has 2 aromatic rings. The molecular formula is C20H25B2F2N5O3S. The topological polar surface area (TPSA) is 97.2 Å². The van der Waals surface area contributed by atoms with Crippen molar-refractivity contribution in [3.8, 4) is 0 Å².